The molecule has 1 atom stereocenters. The zero-order valence-corrected chi connectivity index (χ0v) is 15.3. The molecular formula is C19H25N5O. The van der Waals surface area contributed by atoms with Crippen LogP contribution in [-0.4, -0.2) is 38.3 Å². The number of nitrogens with one attached hydrogen (secondary N) is 1. The van der Waals surface area contributed by atoms with Gasteiger partial charge in [0.2, 0.25) is 5.91 Å². The van der Waals surface area contributed by atoms with E-state index in [1.165, 1.54) is 0 Å². The van der Waals surface area contributed by atoms with Crippen LogP contribution in [0.4, 0.5) is 5.82 Å². The topological polar surface area (TPSA) is 71.0 Å². The van der Waals surface area contributed by atoms with E-state index in [2.05, 4.69) is 31.1 Å². The molecule has 1 aliphatic rings. The Morgan fingerprint density at radius 1 is 1.24 bits per heavy atom. The normalized spacial score (nSPS) is 15.0. The van der Waals surface area contributed by atoms with Crippen LogP contribution >= 0.6 is 0 Å². The zero-order valence-electron chi connectivity index (χ0n) is 15.3. The van der Waals surface area contributed by atoms with Gasteiger partial charge in [-0.2, -0.15) is 0 Å². The van der Waals surface area contributed by atoms with Crippen LogP contribution in [-0.2, 0) is 17.8 Å². The summed E-state index contributed by atoms with van der Waals surface area (Å²) in [4.78, 5) is 27.5. The number of rotatable bonds is 4. The molecule has 0 bridgehead atoms. The van der Waals surface area contributed by atoms with Gasteiger partial charge in [-0.05, 0) is 31.4 Å². The van der Waals surface area contributed by atoms with E-state index in [9.17, 15) is 4.79 Å². The van der Waals surface area contributed by atoms with Crippen molar-refractivity contribution in [1.82, 2.24) is 19.9 Å². The number of carbonyl (C=O) groups excluding carboxylic acids is 1. The fourth-order valence-electron chi connectivity index (χ4n) is 2.81. The van der Waals surface area contributed by atoms with Gasteiger partial charge in [0.15, 0.2) is 5.82 Å². The molecule has 3 rings (SSSR count). The molecule has 2 aromatic heterocycles. The Balaban J connectivity index is 2.04. The number of carbonyl (C=O) groups is 1. The lowest BCUT2D eigenvalue weighted by molar-refractivity contribution is -0.129. The molecular weight excluding hydrogens is 314 g/mol. The summed E-state index contributed by atoms with van der Waals surface area (Å²) in [7, 11) is 0. The molecule has 6 heteroatoms. The van der Waals surface area contributed by atoms with Crippen LogP contribution in [0.25, 0.3) is 11.5 Å². The number of anilines is 1. The minimum absolute atomic E-state index is 0.0775. The highest BCUT2D eigenvalue weighted by molar-refractivity contribution is 5.74. The molecule has 132 valence electrons. The lowest BCUT2D eigenvalue weighted by atomic mass is 10.0. The standard InChI is InChI=1S/C19H25N5O/c1-12(2)13(3)21-18-15-8-10-24(14(4)25)11-17(15)22-19(23-18)16-7-5-6-9-20-16/h5-7,9,12-13H,8,10-11H2,1-4H3,(H,21,22,23)/t13-/m0/s1. The van der Waals surface area contributed by atoms with E-state index in [-0.39, 0.29) is 5.91 Å². The fourth-order valence-corrected chi connectivity index (χ4v) is 2.81. The molecule has 0 aliphatic carbocycles. The molecule has 1 amide bonds. The first kappa shape index (κ1) is 17.3. The van der Waals surface area contributed by atoms with Gasteiger partial charge < -0.3 is 10.2 Å². The summed E-state index contributed by atoms with van der Waals surface area (Å²) >= 11 is 0. The average molecular weight is 339 g/mol. The first-order valence-corrected chi connectivity index (χ1v) is 8.79. The number of fused-ring (bicyclic) bond motifs is 1. The molecule has 0 saturated carbocycles. The van der Waals surface area contributed by atoms with Gasteiger partial charge in [0.05, 0.1) is 12.2 Å². The van der Waals surface area contributed by atoms with Crippen molar-refractivity contribution in [2.24, 2.45) is 5.92 Å². The quantitative estimate of drug-likeness (QED) is 0.927. The van der Waals surface area contributed by atoms with Crippen molar-refractivity contribution >= 4 is 11.7 Å². The highest BCUT2D eigenvalue weighted by atomic mass is 16.2. The predicted octanol–water partition coefficient (Wildman–Crippen LogP) is 2.90. The van der Waals surface area contributed by atoms with E-state index >= 15 is 0 Å². The number of amides is 1. The number of nitrogens with zero attached hydrogens (tertiary/aromatic N) is 4. The van der Waals surface area contributed by atoms with Crippen molar-refractivity contribution in [2.75, 3.05) is 11.9 Å². The predicted molar refractivity (Wildman–Crippen MR) is 98.0 cm³/mol. The summed E-state index contributed by atoms with van der Waals surface area (Å²) in [6, 6.07) is 6.00. The second-order valence-corrected chi connectivity index (χ2v) is 6.90. The molecule has 0 aromatic carbocycles. The highest BCUT2D eigenvalue weighted by Crippen LogP contribution is 2.27. The van der Waals surface area contributed by atoms with Gasteiger partial charge in [0.25, 0.3) is 0 Å². The van der Waals surface area contributed by atoms with Crippen LogP contribution in [0.5, 0.6) is 0 Å². The Bertz CT molecular complexity index is 760. The van der Waals surface area contributed by atoms with E-state index in [1.54, 1.807) is 13.1 Å². The van der Waals surface area contributed by atoms with E-state index in [4.69, 9.17) is 9.97 Å². The lowest BCUT2D eigenvalue weighted by Gasteiger charge is -2.30. The van der Waals surface area contributed by atoms with E-state index in [1.807, 2.05) is 23.1 Å². The number of pyridine rings is 1. The van der Waals surface area contributed by atoms with Crippen LogP contribution in [0.15, 0.2) is 24.4 Å². The Morgan fingerprint density at radius 3 is 2.68 bits per heavy atom. The highest BCUT2D eigenvalue weighted by Gasteiger charge is 2.25. The van der Waals surface area contributed by atoms with Gasteiger partial charge in [-0.15, -0.1) is 0 Å². The largest absolute Gasteiger partial charge is 0.367 e. The third kappa shape index (κ3) is 3.78. The Hall–Kier alpha value is -2.50. The SMILES string of the molecule is CC(=O)N1CCc2c(nc(-c3ccccn3)nc2N[C@@H](C)C(C)C)C1. The lowest BCUT2D eigenvalue weighted by Crippen LogP contribution is -2.36. The van der Waals surface area contributed by atoms with Crippen LogP contribution in [0.3, 0.4) is 0 Å². The first-order chi connectivity index (χ1) is 12.0. The fraction of sp³-hybridized carbons (Fsp3) is 0.474. The summed E-state index contributed by atoms with van der Waals surface area (Å²) in [5.41, 5.74) is 2.77. The molecule has 1 N–H and O–H groups in total. The zero-order chi connectivity index (χ0) is 18.0. The summed E-state index contributed by atoms with van der Waals surface area (Å²) in [5, 5.41) is 3.54. The summed E-state index contributed by atoms with van der Waals surface area (Å²) < 4.78 is 0. The summed E-state index contributed by atoms with van der Waals surface area (Å²) in [6.45, 7) is 9.36. The molecule has 0 saturated heterocycles. The second-order valence-electron chi connectivity index (χ2n) is 6.90. The minimum atomic E-state index is 0.0775. The van der Waals surface area contributed by atoms with Crippen molar-refractivity contribution < 1.29 is 4.79 Å². The second kappa shape index (κ2) is 7.17. The maximum Gasteiger partial charge on any atom is 0.219 e. The smallest absolute Gasteiger partial charge is 0.219 e. The summed E-state index contributed by atoms with van der Waals surface area (Å²) in [6.07, 6.45) is 2.51. The maximum absolute atomic E-state index is 11.8. The molecule has 0 radical (unpaired) electrons. The van der Waals surface area contributed by atoms with Gasteiger partial charge in [0, 0.05) is 31.3 Å². The van der Waals surface area contributed by atoms with Gasteiger partial charge in [0.1, 0.15) is 11.5 Å². The average Bonchev–Trinajstić information content (AvgIpc) is 2.61. The number of hydrogen-bond donors (Lipinski definition) is 1. The number of hydrogen-bond acceptors (Lipinski definition) is 5. The van der Waals surface area contributed by atoms with Crippen molar-refractivity contribution in [1.29, 1.82) is 0 Å². The molecule has 3 heterocycles. The van der Waals surface area contributed by atoms with Crippen LogP contribution < -0.4 is 5.32 Å². The maximum atomic E-state index is 11.8. The van der Waals surface area contributed by atoms with Gasteiger partial charge >= 0.3 is 0 Å². The van der Waals surface area contributed by atoms with Crippen LogP contribution in [0.1, 0.15) is 39.0 Å². The van der Waals surface area contributed by atoms with Crippen LogP contribution in [0.2, 0.25) is 0 Å². The molecule has 2 aromatic rings. The molecule has 25 heavy (non-hydrogen) atoms. The molecule has 6 nitrogen and oxygen atoms in total. The first-order valence-electron chi connectivity index (χ1n) is 8.79. The van der Waals surface area contributed by atoms with E-state index < -0.39 is 0 Å². The monoisotopic (exact) mass is 339 g/mol. The Labute approximate surface area is 148 Å². The van der Waals surface area contributed by atoms with Gasteiger partial charge in [-0.25, -0.2) is 9.97 Å². The van der Waals surface area contributed by atoms with Gasteiger partial charge in [-0.1, -0.05) is 19.9 Å². The van der Waals surface area contributed by atoms with Crippen molar-refractivity contribution in [3.05, 3.63) is 35.7 Å². The molecule has 0 fully saturated rings. The summed E-state index contributed by atoms with van der Waals surface area (Å²) in [5.74, 6) is 2.04. The Kier molecular flexibility index (Phi) is 4.97. The van der Waals surface area contributed by atoms with Crippen LogP contribution in [0, 0.1) is 5.92 Å². The van der Waals surface area contributed by atoms with E-state index in [0.717, 1.165) is 29.2 Å². The third-order valence-electron chi connectivity index (χ3n) is 4.77. The molecule has 0 spiro atoms. The Morgan fingerprint density at radius 2 is 2.04 bits per heavy atom. The molecule has 1 aliphatic heterocycles. The number of aromatic nitrogens is 3. The third-order valence-corrected chi connectivity index (χ3v) is 4.77. The minimum Gasteiger partial charge on any atom is -0.367 e. The van der Waals surface area contributed by atoms with Crippen molar-refractivity contribution in [3.63, 3.8) is 0 Å². The molecule has 0 unspecified atom stereocenters. The van der Waals surface area contributed by atoms with Crippen molar-refractivity contribution in [3.8, 4) is 11.5 Å². The van der Waals surface area contributed by atoms with Crippen molar-refractivity contribution in [2.45, 2.75) is 46.7 Å². The van der Waals surface area contributed by atoms with E-state index in [0.29, 0.717) is 30.9 Å². The van der Waals surface area contributed by atoms with Gasteiger partial charge in [-0.3, -0.25) is 9.78 Å².